The van der Waals surface area contributed by atoms with E-state index in [1.807, 2.05) is 48.3 Å². The molecule has 1 aromatic heterocycles. The van der Waals surface area contributed by atoms with Crippen molar-refractivity contribution in [1.29, 1.82) is 0 Å². The number of rotatable bonds is 7. The molecule has 3 aromatic rings. The highest BCUT2D eigenvalue weighted by Gasteiger charge is 2.06. The summed E-state index contributed by atoms with van der Waals surface area (Å²) in [5, 5.41) is 3.89. The number of pyridine rings is 1. The zero-order valence-corrected chi connectivity index (χ0v) is 15.2. The van der Waals surface area contributed by atoms with Crippen LogP contribution < -0.4 is 10.2 Å². The molecule has 138 valence electrons. The number of hydrogen-bond acceptors (Lipinski definition) is 3. The summed E-state index contributed by atoms with van der Waals surface area (Å²) in [6.07, 6.45) is 5.76. The third-order valence-electron chi connectivity index (χ3n) is 4.31. The number of halogens is 1. The van der Waals surface area contributed by atoms with E-state index >= 15 is 0 Å². The molecule has 2 aromatic carbocycles. The van der Waals surface area contributed by atoms with Crippen molar-refractivity contribution >= 4 is 28.6 Å². The van der Waals surface area contributed by atoms with Crippen molar-refractivity contribution in [2.75, 3.05) is 25.0 Å². The molecule has 3 rings (SSSR count). The number of anilines is 1. The van der Waals surface area contributed by atoms with E-state index in [4.69, 9.17) is 0 Å². The molecule has 0 saturated carbocycles. The van der Waals surface area contributed by atoms with Crippen LogP contribution in [0.2, 0.25) is 0 Å². The smallest absolute Gasteiger partial charge is 0.244 e. The summed E-state index contributed by atoms with van der Waals surface area (Å²) in [4.78, 5) is 18.2. The van der Waals surface area contributed by atoms with Gasteiger partial charge in [0.1, 0.15) is 5.82 Å². The summed E-state index contributed by atoms with van der Waals surface area (Å²) in [6.45, 7) is 1.17. The van der Waals surface area contributed by atoms with Gasteiger partial charge in [-0.3, -0.25) is 9.78 Å². The first kappa shape index (κ1) is 18.6. The minimum atomic E-state index is -0.240. The van der Waals surface area contributed by atoms with Crippen molar-refractivity contribution in [1.82, 2.24) is 10.3 Å². The minimum Gasteiger partial charge on any atom is -0.372 e. The molecule has 1 N–H and O–H groups in total. The van der Waals surface area contributed by atoms with Crippen molar-refractivity contribution in [2.24, 2.45) is 0 Å². The number of para-hydroxylation sites is 2. The zero-order chi connectivity index (χ0) is 19.1. The van der Waals surface area contributed by atoms with E-state index in [1.54, 1.807) is 24.4 Å². The number of hydrogen-bond donors (Lipinski definition) is 1. The van der Waals surface area contributed by atoms with Crippen LogP contribution in [0.1, 0.15) is 12.0 Å². The van der Waals surface area contributed by atoms with Gasteiger partial charge in [0.15, 0.2) is 0 Å². The molecule has 5 heteroatoms. The van der Waals surface area contributed by atoms with E-state index in [1.165, 1.54) is 12.1 Å². The summed E-state index contributed by atoms with van der Waals surface area (Å²) in [7, 11) is 1.84. The molecule has 1 heterocycles. The normalized spacial score (nSPS) is 11.0. The summed E-state index contributed by atoms with van der Waals surface area (Å²) in [5.74, 6) is -0.396. The lowest BCUT2D eigenvalue weighted by molar-refractivity contribution is -0.116. The molecule has 0 aliphatic heterocycles. The van der Waals surface area contributed by atoms with E-state index in [9.17, 15) is 9.18 Å². The van der Waals surface area contributed by atoms with E-state index < -0.39 is 0 Å². The van der Waals surface area contributed by atoms with Crippen LogP contribution in [0.5, 0.6) is 0 Å². The third kappa shape index (κ3) is 4.91. The van der Waals surface area contributed by atoms with Crippen LogP contribution >= 0.6 is 0 Å². The third-order valence-corrected chi connectivity index (χ3v) is 4.31. The van der Waals surface area contributed by atoms with Crippen LogP contribution in [0.3, 0.4) is 0 Å². The van der Waals surface area contributed by atoms with Gasteiger partial charge >= 0.3 is 0 Å². The first-order chi connectivity index (χ1) is 13.1. The molecule has 0 unspecified atom stereocenters. The molecular weight excluding hydrogens is 341 g/mol. The first-order valence-electron chi connectivity index (χ1n) is 8.90. The quantitative estimate of drug-likeness (QED) is 0.509. The number of fused-ring (bicyclic) bond motifs is 1. The average molecular weight is 363 g/mol. The Hall–Kier alpha value is -3.21. The lowest BCUT2D eigenvalue weighted by atomic mass is 10.1. The van der Waals surface area contributed by atoms with Crippen molar-refractivity contribution in [2.45, 2.75) is 6.42 Å². The van der Waals surface area contributed by atoms with Crippen LogP contribution in [-0.4, -0.2) is 31.0 Å². The predicted molar refractivity (Wildman–Crippen MR) is 108 cm³/mol. The fourth-order valence-electron chi connectivity index (χ4n) is 2.90. The summed E-state index contributed by atoms with van der Waals surface area (Å²) in [5.41, 5.74) is 2.34. The van der Waals surface area contributed by atoms with Crippen LogP contribution in [0.4, 0.5) is 10.1 Å². The fourth-order valence-corrected chi connectivity index (χ4v) is 2.90. The van der Waals surface area contributed by atoms with Crippen molar-refractivity contribution < 1.29 is 9.18 Å². The number of carbonyl (C=O) groups excluding carboxylic acids is 1. The molecular formula is C22H22FN3O. The number of nitrogens with one attached hydrogen (secondary N) is 1. The number of amides is 1. The molecule has 0 aliphatic rings. The minimum absolute atomic E-state index is 0.156. The summed E-state index contributed by atoms with van der Waals surface area (Å²) < 4.78 is 13.7. The molecule has 0 aliphatic carbocycles. The molecule has 4 nitrogen and oxygen atoms in total. The average Bonchev–Trinajstić information content (AvgIpc) is 2.69. The maximum atomic E-state index is 13.7. The van der Waals surface area contributed by atoms with Gasteiger partial charge in [0.25, 0.3) is 0 Å². The van der Waals surface area contributed by atoms with E-state index in [2.05, 4.69) is 10.3 Å². The van der Waals surface area contributed by atoms with Gasteiger partial charge in [-0.2, -0.15) is 0 Å². The van der Waals surface area contributed by atoms with Gasteiger partial charge < -0.3 is 10.2 Å². The zero-order valence-electron chi connectivity index (χ0n) is 15.2. The Morgan fingerprint density at radius 1 is 1.15 bits per heavy atom. The molecule has 0 radical (unpaired) electrons. The van der Waals surface area contributed by atoms with Gasteiger partial charge in [0.05, 0.1) is 11.2 Å². The number of carbonyl (C=O) groups is 1. The number of nitrogens with zero attached hydrogens (tertiary/aromatic N) is 2. The van der Waals surface area contributed by atoms with Gasteiger partial charge in [0, 0.05) is 43.4 Å². The molecule has 0 spiro atoms. The Bertz CT molecular complexity index is 950. The van der Waals surface area contributed by atoms with Gasteiger partial charge in [-0.1, -0.05) is 36.4 Å². The second-order valence-electron chi connectivity index (χ2n) is 6.27. The van der Waals surface area contributed by atoms with E-state index in [0.29, 0.717) is 18.8 Å². The molecule has 0 bridgehead atoms. The van der Waals surface area contributed by atoms with Crippen LogP contribution in [0.25, 0.3) is 17.0 Å². The van der Waals surface area contributed by atoms with E-state index in [-0.39, 0.29) is 11.7 Å². The summed E-state index contributed by atoms with van der Waals surface area (Å²) in [6, 6.07) is 16.4. The van der Waals surface area contributed by atoms with Gasteiger partial charge in [-0.25, -0.2) is 4.39 Å². The van der Waals surface area contributed by atoms with Crippen molar-refractivity contribution in [3.05, 3.63) is 78.3 Å². The first-order valence-corrected chi connectivity index (χ1v) is 8.90. The highest BCUT2D eigenvalue weighted by molar-refractivity contribution is 5.95. The number of benzene rings is 2. The lowest BCUT2D eigenvalue weighted by Crippen LogP contribution is -2.27. The topological polar surface area (TPSA) is 45.2 Å². The second-order valence-corrected chi connectivity index (χ2v) is 6.27. The monoisotopic (exact) mass is 363 g/mol. The van der Waals surface area contributed by atoms with E-state index in [0.717, 1.165) is 22.9 Å². The highest BCUT2D eigenvalue weighted by Crippen LogP contribution is 2.17. The Labute approximate surface area is 158 Å². The molecule has 0 fully saturated rings. The Balaban J connectivity index is 1.48. The van der Waals surface area contributed by atoms with Gasteiger partial charge in [-0.05, 0) is 30.7 Å². The van der Waals surface area contributed by atoms with Gasteiger partial charge in [0.2, 0.25) is 5.91 Å². The highest BCUT2D eigenvalue weighted by atomic mass is 19.1. The van der Waals surface area contributed by atoms with Crippen LogP contribution in [-0.2, 0) is 4.79 Å². The second kappa shape index (κ2) is 8.94. The maximum Gasteiger partial charge on any atom is 0.244 e. The van der Waals surface area contributed by atoms with Crippen LogP contribution in [0.15, 0.2) is 66.9 Å². The van der Waals surface area contributed by atoms with Crippen molar-refractivity contribution in [3.8, 4) is 0 Å². The predicted octanol–water partition coefficient (Wildman–Crippen LogP) is 4.03. The SMILES string of the molecule is CN(CCCNC(=O)C=Cc1cccc2cccnc12)c1ccccc1F. The largest absolute Gasteiger partial charge is 0.372 e. The molecule has 0 saturated heterocycles. The van der Waals surface area contributed by atoms with Gasteiger partial charge in [-0.15, -0.1) is 0 Å². The maximum absolute atomic E-state index is 13.7. The van der Waals surface area contributed by atoms with Crippen molar-refractivity contribution in [3.63, 3.8) is 0 Å². The summed E-state index contributed by atoms with van der Waals surface area (Å²) >= 11 is 0. The lowest BCUT2D eigenvalue weighted by Gasteiger charge is -2.19. The Morgan fingerprint density at radius 2 is 1.96 bits per heavy atom. The molecule has 0 atom stereocenters. The number of aromatic nitrogens is 1. The molecule has 27 heavy (non-hydrogen) atoms. The Morgan fingerprint density at radius 3 is 2.81 bits per heavy atom. The fraction of sp³-hybridized carbons (Fsp3) is 0.182. The van der Waals surface area contributed by atoms with Crippen LogP contribution in [0, 0.1) is 5.82 Å². The molecule has 1 amide bonds. The standard InChI is InChI=1S/C22H22FN3O/c1-26(20-11-3-2-10-19(20)23)16-6-15-24-21(27)13-12-18-8-4-7-17-9-5-14-25-22(17)18/h2-5,7-14H,6,15-16H2,1H3,(H,24,27). The Kier molecular flexibility index (Phi) is 6.15.